The van der Waals surface area contributed by atoms with Gasteiger partial charge in [0, 0.05) is 12.1 Å². The van der Waals surface area contributed by atoms with E-state index in [1.807, 2.05) is 18.2 Å². The molecule has 1 amide bonds. The van der Waals surface area contributed by atoms with Gasteiger partial charge in [-0.25, -0.2) is 4.68 Å². The molecule has 138 valence electrons. The zero-order valence-electron chi connectivity index (χ0n) is 14.8. The number of ether oxygens (including phenoxy) is 2. The molecule has 2 aliphatic rings. The minimum absolute atomic E-state index is 0.153. The van der Waals surface area contributed by atoms with Crippen LogP contribution in [-0.2, 0) is 0 Å². The normalized spacial score (nSPS) is 18.0. The van der Waals surface area contributed by atoms with E-state index in [0.717, 1.165) is 24.3 Å². The maximum Gasteiger partial charge on any atom is 0.273 e. The van der Waals surface area contributed by atoms with E-state index < -0.39 is 0 Å². The lowest BCUT2D eigenvalue weighted by Gasteiger charge is -2.20. The predicted octanol–water partition coefficient (Wildman–Crippen LogP) is 2.88. The Morgan fingerprint density at radius 3 is 2.58 bits per heavy atom. The van der Waals surface area contributed by atoms with Gasteiger partial charge in [0.1, 0.15) is 13.2 Å². The largest absolute Gasteiger partial charge is 0.486 e. The second-order valence-electron chi connectivity index (χ2n) is 6.89. The van der Waals surface area contributed by atoms with E-state index in [1.54, 1.807) is 10.9 Å². The fourth-order valence-corrected chi connectivity index (χ4v) is 3.53. The molecule has 0 radical (unpaired) electrons. The SMILES string of the molecule is O=C(NC1CCCCCCC1)c1cn(-c2ccc3c(c2)OCCO3)nn1. The van der Waals surface area contributed by atoms with Gasteiger partial charge in [-0.1, -0.05) is 37.3 Å². The second-order valence-corrected chi connectivity index (χ2v) is 6.89. The van der Waals surface area contributed by atoms with E-state index >= 15 is 0 Å². The van der Waals surface area contributed by atoms with Crippen LogP contribution in [0.25, 0.3) is 5.69 Å². The van der Waals surface area contributed by atoms with Gasteiger partial charge in [-0.3, -0.25) is 4.79 Å². The van der Waals surface area contributed by atoms with Gasteiger partial charge >= 0.3 is 0 Å². The van der Waals surface area contributed by atoms with Gasteiger partial charge in [-0.2, -0.15) is 0 Å². The molecule has 26 heavy (non-hydrogen) atoms. The van der Waals surface area contributed by atoms with Crippen molar-refractivity contribution in [3.8, 4) is 17.2 Å². The summed E-state index contributed by atoms with van der Waals surface area (Å²) in [6.07, 6.45) is 9.92. The minimum Gasteiger partial charge on any atom is -0.486 e. The number of hydrogen-bond acceptors (Lipinski definition) is 5. The molecule has 2 aromatic rings. The van der Waals surface area contributed by atoms with Crippen LogP contribution in [0.4, 0.5) is 0 Å². The quantitative estimate of drug-likeness (QED) is 0.915. The Labute approximate surface area is 152 Å². The molecule has 0 unspecified atom stereocenters. The Morgan fingerprint density at radius 2 is 1.77 bits per heavy atom. The van der Waals surface area contributed by atoms with Crippen LogP contribution >= 0.6 is 0 Å². The molecule has 0 atom stereocenters. The molecule has 1 saturated carbocycles. The molecule has 0 saturated heterocycles. The van der Waals surface area contributed by atoms with Gasteiger partial charge in [0.05, 0.1) is 11.9 Å². The summed E-state index contributed by atoms with van der Waals surface area (Å²) in [6.45, 7) is 1.09. The van der Waals surface area contributed by atoms with Crippen LogP contribution < -0.4 is 14.8 Å². The molecule has 1 aliphatic heterocycles. The van der Waals surface area contributed by atoms with E-state index in [0.29, 0.717) is 24.7 Å². The molecular formula is C19H24N4O3. The fraction of sp³-hybridized carbons (Fsp3) is 0.526. The van der Waals surface area contributed by atoms with E-state index in [2.05, 4.69) is 15.6 Å². The number of nitrogens with one attached hydrogen (secondary N) is 1. The van der Waals surface area contributed by atoms with Crippen molar-refractivity contribution in [3.05, 3.63) is 30.1 Å². The highest BCUT2D eigenvalue weighted by Gasteiger charge is 2.18. The Bertz CT molecular complexity index is 766. The third-order valence-corrected chi connectivity index (χ3v) is 4.96. The van der Waals surface area contributed by atoms with Crippen molar-refractivity contribution >= 4 is 5.91 Å². The Hall–Kier alpha value is -2.57. The Balaban J connectivity index is 1.44. The van der Waals surface area contributed by atoms with Gasteiger partial charge in [0.25, 0.3) is 5.91 Å². The first-order chi connectivity index (χ1) is 12.8. The molecular weight excluding hydrogens is 332 g/mol. The lowest BCUT2D eigenvalue weighted by Crippen LogP contribution is -2.35. The summed E-state index contributed by atoms with van der Waals surface area (Å²) in [4.78, 5) is 12.5. The maximum atomic E-state index is 12.5. The first-order valence-corrected chi connectivity index (χ1v) is 9.43. The van der Waals surface area contributed by atoms with E-state index in [9.17, 15) is 4.79 Å². The molecule has 7 heteroatoms. The summed E-state index contributed by atoms with van der Waals surface area (Å²) in [5.74, 6) is 1.26. The molecule has 1 fully saturated rings. The van der Waals surface area contributed by atoms with Gasteiger partial charge in [-0.15, -0.1) is 5.10 Å². The van der Waals surface area contributed by atoms with Crippen LogP contribution in [0.3, 0.4) is 0 Å². The van der Waals surface area contributed by atoms with Gasteiger partial charge in [0.2, 0.25) is 0 Å². The van der Waals surface area contributed by atoms with Crippen LogP contribution in [-0.4, -0.2) is 40.2 Å². The molecule has 7 nitrogen and oxygen atoms in total. The molecule has 4 rings (SSSR count). The Morgan fingerprint density at radius 1 is 1.04 bits per heavy atom. The first-order valence-electron chi connectivity index (χ1n) is 9.43. The summed E-state index contributed by atoms with van der Waals surface area (Å²) >= 11 is 0. The molecule has 1 aromatic heterocycles. The molecule has 2 heterocycles. The number of hydrogen-bond donors (Lipinski definition) is 1. The van der Waals surface area contributed by atoms with Crippen molar-refractivity contribution in [2.75, 3.05) is 13.2 Å². The van der Waals surface area contributed by atoms with Crippen molar-refractivity contribution in [2.45, 2.75) is 51.0 Å². The molecule has 1 aromatic carbocycles. The third-order valence-electron chi connectivity index (χ3n) is 4.96. The zero-order valence-corrected chi connectivity index (χ0v) is 14.8. The lowest BCUT2D eigenvalue weighted by molar-refractivity contribution is 0.0925. The van der Waals surface area contributed by atoms with E-state index in [4.69, 9.17) is 9.47 Å². The van der Waals surface area contributed by atoms with E-state index in [1.165, 1.54) is 32.1 Å². The Kier molecular flexibility index (Phi) is 5.04. The van der Waals surface area contributed by atoms with Crippen LogP contribution in [0.2, 0.25) is 0 Å². The smallest absolute Gasteiger partial charge is 0.273 e. The minimum atomic E-state index is -0.153. The number of fused-ring (bicyclic) bond motifs is 1. The van der Waals surface area contributed by atoms with Crippen molar-refractivity contribution in [3.63, 3.8) is 0 Å². The highest BCUT2D eigenvalue weighted by Crippen LogP contribution is 2.31. The number of carbonyl (C=O) groups excluding carboxylic acids is 1. The zero-order chi connectivity index (χ0) is 17.8. The first kappa shape index (κ1) is 16.9. The van der Waals surface area contributed by atoms with E-state index in [-0.39, 0.29) is 11.9 Å². The highest BCUT2D eigenvalue weighted by molar-refractivity contribution is 5.92. The number of carbonyl (C=O) groups is 1. The summed E-state index contributed by atoms with van der Waals surface area (Å²) in [5, 5.41) is 11.3. The number of nitrogens with zero attached hydrogens (tertiary/aromatic N) is 3. The van der Waals surface area contributed by atoms with Crippen LogP contribution in [0.5, 0.6) is 11.5 Å². The molecule has 0 spiro atoms. The van der Waals surface area contributed by atoms with Gasteiger partial charge in [0.15, 0.2) is 17.2 Å². The monoisotopic (exact) mass is 356 g/mol. The predicted molar refractivity (Wildman–Crippen MR) is 95.9 cm³/mol. The molecule has 1 N–H and O–H groups in total. The van der Waals surface area contributed by atoms with Crippen molar-refractivity contribution in [1.82, 2.24) is 20.3 Å². The molecule has 1 aliphatic carbocycles. The maximum absolute atomic E-state index is 12.5. The number of aromatic nitrogens is 3. The number of benzene rings is 1. The summed E-state index contributed by atoms with van der Waals surface area (Å²) < 4.78 is 12.7. The van der Waals surface area contributed by atoms with Crippen molar-refractivity contribution < 1.29 is 14.3 Å². The summed E-state index contributed by atoms with van der Waals surface area (Å²) in [6, 6.07) is 5.81. The van der Waals surface area contributed by atoms with Crippen LogP contribution in [0.15, 0.2) is 24.4 Å². The lowest BCUT2D eigenvalue weighted by atomic mass is 9.97. The van der Waals surface area contributed by atoms with Crippen LogP contribution in [0.1, 0.15) is 55.4 Å². The highest BCUT2D eigenvalue weighted by atomic mass is 16.6. The summed E-state index contributed by atoms with van der Waals surface area (Å²) in [5.41, 5.74) is 1.12. The number of rotatable bonds is 3. The van der Waals surface area contributed by atoms with Gasteiger partial charge < -0.3 is 14.8 Å². The molecule has 0 bridgehead atoms. The average Bonchev–Trinajstić information content (AvgIpc) is 3.14. The van der Waals surface area contributed by atoms with Crippen LogP contribution in [0, 0.1) is 0 Å². The van der Waals surface area contributed by atoms with Crippen molar-refractivity contribution in [2.24, 2.45) is 0 Å². The van der Waals surface area contributed by atoms with Gasteiger partial charge in [-0.05, 0) is 25.0 Å². The average molecular weight is 356 g/mol. The summed E-state index contributed by atoms with van der Waals surface area (Å²) in [7, 11) is 0. The van der Waals surface area contributed by atoms with Crippen molar-refractivity contribution in [1.29, 1.82) is 0 Å². The standard InChI is InChI=1S/C19H24N4O3/c24-19(20-14-6-4-2-1-3-5-7-14)16-13-23(22-21-16)15-8-9-17-18(12-15)26-11-10-25-17/h8-9,12-14H,1-7,10-11H2,(H,20,24). The number of amides is 1. The topological polar surface area (TPSA) is 78.3 Å². The second kappa shape index (κ2) is 7.76. The fourth-order valence-electron chi connectivity index (χ4n) is 3.53. The third kappa shape index (κ3) is 3.81.